The molecule has 4 nitrogen and oxygen atoms in total. The second kappa shape index (κ2) is 7.64. The molecule has 0 saturated heterocycles. The first-order valence-corrected chi connectivity index (χ1v) is 7.31. The molecule has 0 aliphatic carbocycles. The van der Waals surface area contributed by atoms with Crippen LogP contribution in [0.1, 0.15) is 25.1 Å². The van der Waals surface area contributed by atoms with E-state index < -0.39 is 0 Å². The van der Waals surface area contributed by atoms with Gasteiger partial charge in [-0.25, -0.2) is 4.98 Å². The summed E-state index contributed by atoms with van der Waals surface area (Å²) in [5.74, 6) is 2.13. The number of hydrogen-bond donors (Lipinski definition) is 1. The van der Waals surface area contributed by atoms with Crippen molar-refractivity contribution in [3.05, 3.63) is 47.7 Å². The average molecular weight is 286 g/mol. The maximum atomic E-state index is 5.79. The molecule has 0 bridgehead atoms. The van der Waals surface area contributed by atoms with Crippen molar-refractivity contribution < 1.29 is 9.47 Å². The minimum atomic E-state index is 0.599. The van der Waals surface area contributed by atoms with Crippen molar-refractivity contribution in [2.75, 3.05) is 13.2 Å². The zero-order chi connectivity index (χ0) is 15.1. The summed E-state index contributed by atoms with van der Waals surface area (Å²) in [7, 11) is 0. The Kier molecular flexibility index (Phi) is 5.58. The van der Waals surface area contributed by atoms with Gasteiger partial charge in [0.25, 0.3) is 0 Å². The van der Waals surface area contributed by atoms with E-state index in [1.54, 1.807) is 0 Å². The predicted octanol–water partition coefficient (Wildman–Crippen LogP) is 3.69. The molecule has 1 aromatic carbocycles. The van der Waals surface area contributed by atoms with Crippen molar-refractivity contribution in [2.45, 2.75) is 27.3 Å². The van der Waals surface area contributed by atoms with Crippen molar-refractivity contribution in [3.8, 4) is 17.4 Å². The molecule has 0 radical (unpaired) electrons. The maximum Gasteiger partial charge on any atom is 0.219 e. The first-order chi connectivity index (χ1) is 10.2. The molecule has 1 N–H and O–H groups in total. The quantitative estimate of drug-likeness (QED) is 0.843. The van der Waals surface area contributed by atoms with E-state index in [1.165, 1.54) is 5.56 Å². The van der Waals surface area contributed by atoms with Gasteiger partial charge >= 0.3 is 0 Å². The molecule has 21 heavy (non-hydrogen) atoms. The second-order valence-electron chi connectivity index (χ2n) is 4.68. The standard InChI is InChI=1S/C17H22N2O2/c1-4-18-12-14-9-10-17(19-13(14)3)21-16-8-6-7-15(11-16)20-5-2/h6-11,18H,4-5,12H2,1-3H3. The molecule has 0 fully saturated rings. The van der Waals surface area contributed by atoms with Gasteiger partial charge in [0.15, 0.2) is 0 Å². The number of hydrogen-bond acceptors (Lipinski definition) is 4. The van der Waals surface area contributed by atoms with Gasteiger partial charge in [-0.2, -0.15) is 0 Å². The van der Waals surface area contributed by atoms with E-state index in [0.717, 1.165) is 30.3 Å². The molecule has 2 aromatic rings. The van der Waals surface area contributed by atoms with Crippen LogP contribution in [0.2, 0.25) is 0 Å². The van der Waals surface area contributed by atoms with E-state index in [4.69, 9.17) is 9.47 Å². The van der Waals surface area contributed by atoms with Crippen molar-refractivity contribution in [1.82, 2.24) is 10.3 Å². The van der Waals surface area contributed by atoms with Gasteiger partial charge in [-0.1, -0.05) is 19.1 Å². The topological polar surface area (TPSA) is 43.4 Å². The average Bonchev–Trinajstić information content (AvgIpc) is 2.47. The zero-order valence-electron chi connectivity index (χ0n) is 12.8. The highest BCUT2D eigenvalue weighted by molar-refractivity contribution is 5.36. The van der Waals surface area contributed by atoms with Gasteiger partial charge in [0, 0.05) is 24.4 Å². The van der Waals surface area contributed by atoms with Crippen LogP contribution >= 0.6 is 0 Å². The fourth-order valence-corrected chi connectivity index (χ4v) is 1.99. The lowest BCUT2D eigenvalue weighted by Gasteiger charge is -2.10. The molecule has 0 spiro atoms. The minimum absolute atomic E-state index is 0.599. The lowest BCUT2D eigenvalue weighted by atomic mass is 10.2. The summed E-state index contributed by atoms with van der Waals surface area (Å²) < 4.78 is 11.3. The summed E-state index contributed by atoms with van der Waals surface area (Å²) in [6, 6.07) is 11.5. The van der Waals surface area contributed by atoms with Gasteiger partial charge < -0.3 is 14.8 Å². The Labute approximate surface area is 126 Å². The van der Waals surface area contributed by atoms with Crippen LogP contribution in [-0.4, -0.2) is 18.1 Å². The number of rotatable bonds is 7. The van der Waals surface area contributed by atoms with Crippen LogP contribution in [0.25, 0.3) is 0 Å². The third-order valence-corrected chi connectivity index (χ3v) is 3.07. The Morgan fingerprint density at radius 2 is 1.90 bits per heavy atom. The van der Waals surface area contributed by atoms with Crippen LogP contribution in [0.5, 0.6) is 17.4 Å². The highest BCUT2D eigenvalue weighted by atomic mass is 16.5. The maximum absolute atomic E-state index is 5.79. The van der Waals surface area contributed by atoms with E-state index in [9.17, 15) is 0 Å². The Morgan fingerprint density at radius 3 is 2.62 bits per heavy atom. The van der Waals surface area contributed by atoms with Gasteiger partial charge in [0.1, 0.15) is 11.5 Å². The van der Waals surface area contributed by atoms with E-state index in [1.807, 2.05) is 50.2 Å². The number of benzene rings is 1. The van der Waals surface area contributed by atoms with E-state index >= 15 is 0 Å². The van der Waals surface area contributed by atoms with E-state index in [0.29, 0.717) is 12.5 Å². The number of aryl methyl sites for hydroxylation is 1. The van der Waals surface area contributed by atoms with Crippen molar-refractivity contribution in [3.63, 3.8) is 0 Å². The van der Waals surface area contributed by atoms with Crippen LogP contribution in [0.15, 0.2) is 36.4 Å². The Bertz CT molecular complexity index is 585. The minimum Gasteiger partial charge on any atom is -0.494 e. The van der Waals surface area contributed by atoms with Crippen molar-refractivity contribution in [1.29, 1.82) is 0 Å². The Morgan fingerprint density at radius 1 is 1.10 bits per heavy atom. The summed E-state index contributed by atoms with van der Waals surface area (Å²) in [5.41, 5.74) is 2.17. The highest BCUT2D eigenvalue weighted by Crippen LogP contribution is 2.24. The summed E-state index contributed by atoms with van der Waals surface area (Å²) in [5, 5.41) is 3.30. The second-order valence-corrected chi connectivity index (χ2v) is 4.68. The van der Waals surface area contributed by atoms with Crippen molar-refractivity contribution in [2.24, 2.45) is 0 Å². The summed E-state index contributed by atoms with van der Waals surface area (Å²) in [6.07, 6.45) is 0. The summed E-state index contributed by atoms with van der Waals surface area (Å²) in [6.45, 7) is 8.46. The Hall–Kier alpha value is -2.07. The molecule has 0 unspecified atom stereocenters. The number of nitrogens with zero attached hydrogens (tertiary/aromatic N) is 1. The van der Waals surface area contributed by atoms with Gasteiger partial charge in [-0.05, 0) is 38.1 Å². The van der Waals surface area contributed by atoms with Crippen LogP contribution in [0.4, 0.5) is 0 Å². The van der Waals surface area contributed by atoms with Crippen LogP contribution in [-0.2, 0) is 6.54 Å². The zero-order valence-corrected chi connectivity index (χ0v) is 12.8. The fourth-order valence-electron chi connectivity index (χ4n) is 1.99. The summed E-state index contributed by atoms with van der Waals surface area (Å²) in [4.78, 5) is 4.49. The molecular weight excluding hydrogens is 264 g/mol. The monoisotopic (exact) mass is 286 g/mol. The normalized spacial score (nSPS) is 10.4. The number of aromatic nitrogens is 1. The smallest absolute Gasteiger partial charge is 0.219 e. The van der Waals surface area contributed by atoms with Gasteiger partial charge in [-0.3, -0.25) is 0 Å². The van der Waals surface area contributed by atoms with Crippen LogP contribution < -0.4 is 14.8 Å². The molecule has 112 valence electrons. The molecule has 0 atom stereocenters. The predicted molar refractivity (Wildman–Crippen MR) is 84.0 cm³/mol. The van der Waals surface area contributed by atoms with Crippen LogP contribution in [0, 0.1) is 6.92 Å². The number of pyridine rings is 1. The molecule has 4 heteroatoms. The van der Waals surface area contributed by atoms with E-state index in [-0.39, 0.29) is 0 Å². The molecule has 1 aromatic heterocycles. The molecule has 0 amide bonds. The number of ether oxygens (including phenoxy) is 2. The Balaban J connectivity index is 2.09. The lowest BCUT2D eigenvalue weighted by Crippen LogP contribution is -2.13. The van der Waals surface area contributed by atoms with E-state index in [2.05, 4.69) is 17.2 Å². The SMILES string of the molecule is CCNCc1ccc(Oc2cccc(OCC)c2)nc1C. The molecule has 2 rings (SSSR count). The third-order valence-electron chi connectivity index (χ3n) is 3.07. The highest BCUT2D eigenvalue weighted by Gasteiger charge is 2.04. The molecule has 1 heterocycles. The third kappa shape index (κ3) is 4.46. The first kappa shape index (κ1) is 15.3. The first-order valence-electron chi connectivity index (χ1n) is 7.31. The molecule has 0 aliphatic rings. The molecule has 0 aliphatic heterocycles. The van der Waals surface area contributed by atoms with Crippen LogP contribution in [0.3, 0.4) is 0 Å². The molecule has 0 saturated carbocycles. The number of nitrogens with one attached hydrogen (secondary N) is 1. The van der Waals surface area contributed by atoms with Gasteiger partial charge in [-0.15, -0.1) is 0 Å². The van der Waals surface area contributed by atoms with Gasteiger partial charge in [0.2, 0.25) is 5.88 Å². The molecular formula is C17H22N2O2. The largest absolute Gasteiger partial charge is 0.494 e. The fraction of sp³-hybridized carbons (Fsp3) is 0.353. The van der Waals surface area contributed by atoms with Gasteiger partial charge in [0.05, 0.1) is 6.61 Å². The summed E-state index contributed by atoms with van der Waals surface area (Å²) >= 11 is 0. The van der Waals surface area contributed by atoms with Crippen molar-refractivity contribution >= 4 is 0 Å². The lowest BCUT2D eigenvalue weighted by molar-refractivity contribution is 0.338.